The van der Waals surface area contributed by atoms with Crippen LogP contribution in [0.1, 0.15) is 12.5 Å². The van der Waals surface area contributed by atoms with Crippen LogP contribution in [-0.4, -0.2) is 18.2 Å². The van der Waals surface area contributed by atoms with Crippen molar-refractivity contribution in [1.29, 1.82) is 0 Å². The van der Waals surface area contributed by atoms with Crippen molar-refractivity contribution in [2.24, 2.45) is 0 Å². The number of rotatable bonds is 4. The minimum Gasteiger partial charge on any atom is -0.383 e. The van der Waals surface area contributed by atoms with Gasteiger partial charge in [-0.3, -0.25) is 0 Å². The highest BCUT2D eigenvalue weighted by Crippen LogP contribution is 2.07. The first-order valence-electron chi connectivity index (χ1n) is 4.11. The van der Waals surface area contributed by atoms with Gasteiger partial charge in [-0.05, 0) is 25.0 Å². The Kier molecular flexibility index (Phi) is 3.54. The highest BCUT2D eigenvalue weighted by Gasteiger charge is 1.97. The second kappa shape index (κ2) is 4.72. The van der Waals surface area contributed by atoms with Gasteiger partial charge in [0.05, 0.1) is 6.61 Å². The Balaban J connectivity index is 2.46. The lowest BCUT2D eigenvalue weighted by Gasteiger charge is -2.03. The van der Waals surface area contributed by atoms with Crippen LogP contribution < -0.4 is 5.73 Å². The van der Waals surface area contributed by atoms with Crippen LogP contribution in [-0.2, 0) is 11.2 Å². The lowest BCUT2D eigenvalue weighted by Crippen LogP contribution is -2.02. The number of nitrogen functional groups attached to an aromatic ring is 1. The van der Waals surface area contributed by atoms with Crippen molar-refractivity contribution in [2.75, 3.05) is 18.9 Å². The quantitative estimate of drug-likeness (QED) is 0.685. The van der Waals surface area contributed by atoms with E-state index in [9.17, 15) is 0 Å². The Bertz CT molecular complexity index is 238. The zero-order valence-electron chi connectivity index (χ0n) is 7.29. The summed E-state index contributed by atoms with van der Waals surface area (Å²) in [6.07, 6.45) is 2.53. The molecule has 0 aliphatic carbocycles. The molecule has 0 aliphatic heterocycles. The summed E-state index contributed by atoms with van der Waals surface area (Å²) in [5, 5.41) is 0. The first-order chi connectivity index (χ1) is 5.84. The van der Waals surface area contributed by atoms with Crippen molar-refractivity contribution >= 4 is 5.82 Å². The molecule has 0 atom stereocenters. The summed E-state index contributed by atoms with van der Waals surface area (Å²) in [5.41, 5.74) is 6.70. The molecule has 1 aromatic heterocycles. The predicted molar refractivity (Wildman–Crippen MR) is 48.8 cm³/mol. The van der Waals surface area contributed by atoms with Crippen molar-refractivity contribution in [3.05, 3.63) is 23.9 Å². The van der Waals surface area contributed by atoms with Crippen molar-refractivity contribution in [3.63, 3.8) is 0 Å². The van der Waals surface area contributed by atoms with Crippen LogP contribution in [0.5, 0.6) is 0 Å². The van der Waals surface area contributed by atoms with Crippen molar-refractivity contribution in [3.8, 4) is 0 Å². The van der Waals surface area contributed by atoms with E-state index in [0.29, 0.717) is 12.4 Å². The Morgan fingerprint density at radius 3 is 3.08 bits per heavy atom. The van der Waals surface area contributed by atoms with Gasteiger partial charge in [0.25, 0.3) is 0 Å². The summed E-state index contributed by atoms with van der Waals surface area (Å²) in [6, 6.07) is 3.86. The molecule has 0 radical (unpaired) electrons. The molecule has 0 saturated heterocycles. The summed E-state index contributed by atoms with van der Waals surface area (Å²) in [6.45, 7) is 3.44. The topological polar surface area (TPSA) is 48.1 Å². The molecule has 0 amide bonds. The van der Waals surface area contributed by atoms with Gasteiger partial charge in [0.15, 0.2) is 0 Å². The molecule has 12 heavy (non-hydrogen) atoms. The van der Waals surface area contributed by atoms with Crippen molar-refractivity contribution in [2.45, 2.75) is 13.3 Å². The Morgan fingerprint density at radius 2 is 2.42 bits per heavy atom. The van der Waals surface area contributed by atoms with E-state index < -0.39 is 0 Å². The Hall–Kier alpha value is -1.09. The molecule has 0 aromatic carbocycles. The number of nitrogens with zero attached hydrogens (tertiary/aromatic N) is 1. The normalized spacial score (nSPS) is 10.1. The molecule has 3 nitrogen and oxygen atoms in total. The standard InChI is InChI=1S/C9H14N2O/c1-2-12-7-5-8-4-3-6-11-9(8)10/h3-4,6H,2,5,7H2,1H3,(H2,10,11). The molecule has 0 bridgehead atoms. The first-order valence-corrected chi connectivity index (χ1v) is 4.11. The van der Waals surface area contributed by atoms with E-state index in [1.54, 1.807) is 6.20 Å². The van der Waals surface area contributed by atoms with Crippen molar-refractivity contribution < 1.29 is 4.74 Å². The molecule has 0 aliphatic rings. The van der Waals surface area contributed by atoms with Crippen LogP contribution in [0.2, 0.25) is 0 Å². The average Bonchev–Trinajstić information content (AvgIpc) is 2.09. The van der Waals surface area contributed by atoms with Crippen LogP contribution in [0.4, 0.5) is 5.82 Å². The fourth-order valence-corrected chi connectivity index (χ4v) is 0.989. The van der Waals surface area contributed by atoms with E-state index >= 15 is 0 Å². The third-order valence-electron chi connectivity index (χ3n) is 1.65. The summed E-state index contributed by atoms with van der Waals surface area (Å²) >= 11 is 0. The van der Waals surface area contributed by atoms with Gasteiger partial charge in [0, 0.05) is 12.8 Å². The van der Waals surface area contributed by atoms with E-state index in [4.69, 9.17) is 10.5 Å². The molecular formula is C9H14N2O. The molecule has 0 unspecified atom stereocenters. The Morgan fingerprint density at radius 1 is 1.58 bits per heavy atom. The van der Waals surface area contributed by atoms with Gasteiger partial charge < -0.3 is 10.5 Å². The number of aromatic nitrogens is 1. The zero-order chi connectivity index (χ0) is 8.81. The lowest BCUT2D eigenvalue weighted by atomic mass is 10.2. The fourth-order valence-electron chi connectivity index (χ4n) is 0.989. The number of pyridine rings is 1. The van der Waals surface area contributed by atoms with E-state index in [2.05, 4.69) is 4.98 Å². The minimum absolute atomic E-state index is 0.609. The smallest absolute Gasteiger partial charge is 0.126 e. The molecule has 0 spiro atoms. The molecule has 3 heteroatoms. The van der Waals surface area contributed by atoms with Gasteiger partial charge in [-0.25, -0.2) is 4.98 Å². The number of ether oxygens (including phenoxy) is 1. The van der Waals surface area contributed by atoms with Gasteiger partial charge >= 0.3 is 0 Å². The average molecular weight is 166 g/mol. The monoisotopic (exact) mass is 166 g/mol. The largest absolute Gasteiger partial charge is 0.383 e. The second-order valence-electron chi connectivity index (χ2n) is 2.49. The van der Waals surface area contributed by atoms with E-state index in [1.165, 1.54) is 0 Å². The predicted octanol–water partition coefficient (Wildman–Crippen LogP) is 1.24. The van der Waals surface area contributed by atoms with Gasteiger partial charge in [0.2, 0.25) is 0 Å². The number of nitrogens with two attached hydrogens (primary N) is 1. The molecule has 1 aromatic rings. The lowest BCUT2D eigenvalue weighted by molar-refractivity contribution is 0.151. The number of hydrogen-bond acceptors (Lipinski definition) is 3. The molecule has 0 saturated carbocycles. The third kappa shape index (κ3) is 2.51. The van der Waals surface area contributed by atoms with Crippen LogP contribution in [0.25, 0.3) is 0 Å². The highest BCUT2D eigenvalue weighted by atomic mass is 16.5. The molecule has 1 heterocycles. The number of hydrogen-bond donors (Lipinski definition) is 1. The van der Waals surface area contributed by atoms with E-state index in [1.807, 2.05) is 19.1 Å². The molecule has 0 fully saturated rings. The maximum absolute atomic E-state index is 5.64. The van der Waals surface area contributed by atoms with Gasteiger partial charge in [-0.1, -0.05) is 6.07 Å². The summed E-state index contributed by atoms with van der Waals surface area (Å²) in [7, 11) is 0. The summed E-state index contributed by atoms with van der Waals surface area (Å²) in [5.74, 6) is 0.609. The fraction of sp³-hybridized carbons (Fsp3) is 0.444. The zero-order valence-corrected chi connectivity index (χ0v) is 7.29. The third-order valence-corrected chi connectivity index (χ3v) is 1.65. The van der Waals surface area contributed by atoms with Crippen molar-refractivity contribution in [1.82, 2.24) is 4.98 Å². The van der Waals surface area contributed by atoms with E-state index in [0.717, 1.165) is 18.6 Å². The number of anilines is 1. The molecule has 1 rings (SSSR count). The highest BCUT2D eigenvalue weighted by molar-refractivity contribution is 5.38. The minimum atomic E-state index is 0.609. The second-order valence-corrected chi connectivity index (χ2v) is 2.49. The molecule has 2 N–H and O–H groups in total. The molecule has 66 valence electrons. The summed E-state index contributed by atoms with van der Waals surface area (Å²) < 4.78 is 5.21. The maximum atomic E-state index is 5.64. The maximum Gasteiger partial charge on any atom is 0.126 e. The van der Waals surface area contributed by atoms with Crippen LogP contribution in [0.15, 0.2) is 18.3 Å². The molecular weight excluding hydrogens is 152 g/mol. The SMILES string of the molecule is CCOCCc1cccnc1N. The van der Waals surface area contributed by atoms with E-state index in [-0.39, 0.29) is 0 Å². The van der Waals surface area contributed by atoms with Gasteiger partial charge in [0.1, 0.15) is 5.82 Å². The van der Waals surface area contributed by atoms with Gasteiger partial charge in [-0.15, -0.1) is 0 Å². The summed E-state index contributed by atoms with van der Waals surface area (Å²) in [4.78, 5) is 3.98. The Labute approximate surface area is 72.6 Å². The van der Waals surface area contributed by atoms with Gasteiger partial charge in [-0.2, -0.15) is 0 Å². The van der Waals surface area contributed by atoms with Crippen LogP contribution in [0, 0.1) is 0 Å². The van der Waals surface area contributed by atoms with Crippen LogP contribution in [0.3, 0.4) is 0 Å². The first kappa shape index (κ1) is 9.00. The van der Waals surface area contributed by atoms with Crippen LogP contribution >= 0.6 is 0 Å².